The number of rotatable bonds is 3. The Bertz CT molecular complexity index is 1300. The first-order valence-corrected chi connectivity index (χ1v) is 9.40. The van der Waals surface area contributed by atoms with Crippen LogP contribution in [0.15, 0.2) is 59.5 Å². The third-order valence-corrected chi connectivity index (χ3v) is 5.41. The first-order valence-electron chi connectivity index (χ1n) is 9.40. The maximum Gasteiger partial charge on any atom is 0.231 e. The second kappa shape index (κ2) is 7.02. The summed E-state index contributed by atoms with van der Waals surface area (Å²) in [5.74, 6) is -2.10. The van der Waals surface area contributed by atoms with Crippen molar-refractivity contribution in [2.45, 2.75) is 12.8 Å². The van der Waals surface area contributed by atoms with Gasteiger partial charge in [0.2, 0.25) is 5.91 Å². The predicted molar refractivity (Wildman–Crippen MR) is 106 cm³/mol. The van der Waals surface area contributed by atoms with Gasteiger partial charge in [-0.3, -0.25) is 9.78 Å². The number of furan rings is 1. The number of anilines is 1. The van der Waals surface area contributed by atoms with E-state index in [0.29, 0.717) is 39.8 Å². The van der Waals surface area contributed by atoms with Gasteiger partial charge in [-0.1, -0.05) is 0 Å². The van der Waals surface area contributed by atoms with E-state index < -0.39 is 23.4 Å². The molecule has 0 radical (unpaired) electrons. The highest BCUT2D eigenvalue weighted by Gasteiger charge is 2.29. The normalized spacial score (nSPS) is 13.1. The van der Waals surface area contributed by atoms with E-state index in [1.54, 1.807) is 30.6 Å². The molecule has 5 rings (SSSR count). The van der Waals surface area contributed by atoms with Crippen LogP contribution in [0.5, 0.6) is 0 Å². The van der Waals surface area contributed by atoms with Crippen molar-refractivity contribution in [2.24, 2.45) is 0 Å². The molecule has 1 amide bonds. The number of carbonyl (C=O) groups excluding carboxylic acids is 1. The van der Waals surface area contributed by atoms with Crippen molar-refractivity contribution >= 4 is 22.6 Å². The molecule has 1 aliphatic heterocycles. The summed E-state index contributed by atoms with van der Waals surface area (Å²) >= 11 is 0. The van der Waals surface area contributed by atoms with Gasteiger partial charge < -0.3 is 9.32 Å². The molecular formula is C23H15F3N2O2. The molecule has 30 heavy (non-hydrogen) atoms. The van der Waals surface area contributed by atoms with Gasteiger partial charge in [0, 0.05) is 52.3 Å². The highest BCUT2D eigenvalue weighted by molar-refractivity contribution is 5.98. The molecule has 2 aromatic heterocycles. The molecule has 0 unspecified atom stereocenters. The van der Waals surface area contributed by atoms with Gasteiger partial charge in [-0.05, 0) is 42.8 Å². The fraction of sp³-hybridized carbons (Fsp3) is 0.130. The average molecular weight is 408 g/mol. The summed E-state index contributed by atoms with van der Waals surface area (Å²) in [7, 11) is 0. The summed E-state index contributed by atoms with van der Waals surface area (Å²) in [4.78, 5) is 18.2. The van der Waals surface area contributed by atoms with E-state index in [-0.39, 0.29) is 18.5 Å². The molecular weight excluding hydrogens is 393 g/mol. The van der Waals surface area contributed by atoms with Crippen molar-refractivity contribution < 1.29 is 22.4 Å². The largest absolute Gasteiger partial charge is 0.464 e. The van der Waals surface area contributed by atoms with Crippen LogP contribution < -0.4 is 4.90 Å². The van der Waals surface area contributed by atoms with E-state index in [9.17, 15) is 13.6 Å². The Morgan fingerprint density at radius 2 is 1.97 bits per heavy atom. The number of carbonyl (C=O) groups is 1. The fourth-order valence-electron chi connectivity index (χ4n) is 3.93. The quantitative estimate of drug-likeness (QED) is 0.477. The zero-order chi connectivity index (χ0) is 20.8. The lowest BCUT2D eigenvalue weighted by atomic mass is 10.0. The van der Waals surface area contributed by atoms with Crippen LogP contribution in [0.1, 0.15) is 11.1 Å². The molecule has 0 N–H and O–H groups in total. The number of hydrogen-bond donors (Lipinski definition) is 0. The number of halogens is 3. The van der Waals surface area contributed by atoms with Gasteiger partial charge in [-0.2, -0.15) is 0 Å². The summed E-state index contributed by atoms with van der Waals surface area (Å²) < 4.78 is 48.1. The second-order valence-corrected chi connectivity index (χ2v) is 7.15. The average Bonchev–Trinajstić information content (AvgIpc) is 3.36. The number of fused-ring (bicyclic) bond motifs is 2. The molecule has 0 aliphatic carbocycles. The number of hydrogen-bond acceptors (Lipinski definition) is 3. The van der Waals surface area contributed by atoms with Gasteiger partial charge in [-0.25, -0.2) is 13.2 Å². The fourth-order valence-corrected chi connectivity index (χ4v) is 3.93. The Morgan fingerprint density at radius 1 is 1.10 bits per heavy atom. The van der Waals surface area contributed by atoms with E-state index in [0.717, 1.165) is 18.2 Å². The molecule has 150 valence electrons. The highest BCUT2D eigenvalue weighted by atomic mass is 19.1. The number of pyridine rings is 1. The van der Waals surface area contributed by atoms with Crippen LogP contribution in [0.3, 0.4) is 0 Å². The smallest absolute Gasteiger partial charge is 0.231 e. The Labute approximate surface area is 169 Å². The lowest BCUT2D eigenvalue weighted by Gasteiger charge is -2.18. The van der Waals surface area contributed by atoms with Crippen LogP contribution in [0.25, 0.3) is 22.1 Å². The van der Waals surface area contributed by atoms with Crippen molar-refractivity contribution in [3.8, 4) is 11.1 Å². The maximum atomic E-state index is 15.3. The molecule has 7 heteroatoms. The Balaban J connectivity index is 1.48. The Kier molecular flexibility index (Phi) is 4.31. The van der Waals surface area contributed by atoms with E-state index >= 15 is 4.39 Å². The summed E-state index contributed by atoms with van der Waals surface area (Å²) in [5, 5.41) is 0.698. The van der Waals surface area contributed by atoms with Gasteiger partial charge in [0.1, 0.15) is 23.0 Å². The maximum absolute atomic E-state index is 15.3. The minimum absolute atomic E-state index is 0.0251. The first-order chi connectivity index (χ1) is 14.5. The topological polar surface area (TPSA) is 46.3 Å². The minimum atomic E-state index is -0.647. The molecule has 0 spiro atoms. The highest BCUT2D eigenvalue weighted by Crippen LogP contribution is 2.38. The molecule has 2 aromatic carbocycles. The van der Waals surface area contributed by atoms with Crippen LogP contribution in [0.2, 0.25) is 0 Å². The monoisotopic (exact) mass is 408 g/mol. The van der Waals surface area contributed by atoms with Crippen LogP contribution in [-0.4, -0.2) is 17.4 Å². The number of nitrogens with zero attached hydrogens (tertiary/aromatic N) is 2. The minimum Gasteiger partial charge on any atom is -0.464 e. The molecule has 0 bridgehead atoms. The number of benzene rings is 2. The zero-order valence-electron chi connectivity index (χ0n) is 15.7. The lowest BCUT2D eigenvalue weighted by molar-refractivity contribution is -0.117. The molecule has 0 saturated carbocycles. The van der Waals surface area contributed by atoms with Gasteiger partial charge in [-0.15, -0.1) is 0 Å². The van der Waals surface area contributed by atoms with Crippen molar-refractivity contribution in [3.63, 3.8) is 0 Å². The molecule has 3 heterocycles. The SMILES string of the molecule is O=C(Cc1cc(F)ccc1F)N1CCc2c1ccc(-c1coc3ccncc13)c2F. The number of amides is 1. The first kappa shape index (κ1) is 18.4. The van der Waals surface area contributed by atoms with Gasteiger partial charge in [0.15, 0.2) is 0 Å². The van der Waals surface area contributed by atoms with Crippen LogP contribution >= 0.6 is 0 Å². The molecule has 0 atom stereocenters. The Morgan fingerprint density at radius 3 is 2.83 bits per heavy atom. The number of aromatic nitrogens is 1. The third-order valence-electron chi connectivity index (χ3n) is 5.41. The van der Waals surface area contributed by atoms with E-state index in [4.69, 9.17) is 4.42 Å². The van der Waals surface area contributed by atoms with E-state index in [1.165, 1.54) is 11.2 Å². The van der Waals surface area contributed by atoms with Crippen molar-refractivity contribution in [1.29, 1.82) is 0 Å². The lowest BCUT2D eigenvalue weighted by Crippen LogP contribution is -2.30. The van der Waals surface area contributed by atoms with Crippen LogP contribution in [-0.2, 0) is 17.6 Å². The standard InChI is InChI=1S/C23H15F3N2O2/c24-14-1-3-19(25)13(9-14)10-22(29)28-8-6-16-20(28)4-2-15(23(16)26)18-12-30-21-5-7-27-11-17(18)21/h1-5,7,9,11-12H,6,8,10H2. The van der Waals surface area contributed by atoms with Gasteiger partial charge in [0.05, 0.1) is 12.7 Å². The van der Waals surface area contributed by atoms with Crippen LogP contribution in [0.4, 0.5) is 18.9 Å². The summed E-state index contributed by atoms with van der Waals surface area (Å²) in [6.45, 7) is 0.277. The second-order valence-electron chi connectivity index (χ2n) is 7.15. The molecule has 4 nitrogen and oxygen atoms in total. The van der Waals surface area contributed by atoms with E-state index in [2.05, 4.69) is 4.98 Å². The third kappa shape index (κ3) is 2.94. The van der Waals surface area contributed by atoms with Gasteiger partial charge >= 0.3 is 0 Å². The molecule has 4 aromatic rings. The van der Waals surface area contributed by atoms with Crippen molar-refractivity contribution in [1.82, 2.24) is 4.98 Å². The van der Waals surface area contributed by atoms with Crippen molar-refractivity contribution in [3.05, 3.63) is 83.6 Å². The summed E-state index contributed by atoms with van der Waals surface area (Å²) in [6, 6.07) is 7.98. The predicted octanol–water partition coefficient (Wildman–Crippen LogP) is 5.04. The molecule has 0 saturated heterocycles. The molecule has 1 aliphatic rings. The molecule has 0 fully saturated rings. The van der Waals surface area contributed by atoms with E-state index in [1.807, 2.05) is 0 Å². The Hall–Kier alpha value is -3.61. The zero-order valence-corrected chi connectivity index (χ0v) is 15.7. The van der Waals surface area contributed by atoms with Crippen molar-refractivity contribution in [2.75, 3.05) is 11.4 Å². The van der Waals surface area contributed by atoms with Gasteiger partial charge in [0.25, 0.3) is 0 Å². The summed E-state index contributed by atoms with van der Waals surface area (Å²) in [6.07, 6.45) is 4.73. The van der Waals surface area contributed by atoms with Crippen LogP contribution in [0, 0.1) is 17.5 Å². The summed E-state index contributed by atoms with van der Waals surface area (Å²) in [5.41, 5.74) is 2.40.